The highest BCUT2D eigenvalue weighted by Gasteiger charge is 2.16. The molecule has 17 heavy (non-hydrogen) atoms. The second-order valence-corrected chi connectivity index (χ2v) is 4.53. The minimum Gasteiger partial charge on any atom is -0.352 e. The zero-order valence-electron chi connectivity index (χ0n) is 9.31. The van der Waals surface area contributed by atoms with E-state index < -0.39 is 0 Å². The van der Waals surface area contributed by atoms with Crippen LogP contribution in [0.5, 0.6) is 0 Å². The first-order valence-electron chi connectivity index (χ1n) is 5.62. The van der Waals surface area contributed by atoms with Crippen LogP contribution in [0.3, 0.4) is 0 Å². The lowest BCUT2D eigenvalue weighted by atomic mass is 10.00. The molecular formula is C13H12ClN3. The highest BCUT2D eigenvalue weighted by Crippen LogP contribution is 2.23. The summed E-state index contributed by atoms with van der Waals surface area (Å²) in [6.45, 7) is 1.87. The molecule has 0 saturated heterocycles. The lowest BCUT2D eigenvalue weighted by molar-refractivity contribution is 0.719. The number of halogens is 1. The summed E-state index contributed by atoms with van der Waals surface area (Å²) < 4.78 is 0. The van der Waals surface area contributed by atoms with Crippen LogP contribution in [0.15, 0.2) is 36.7 Å². The number of hydrogen-bond acceptors (Lipinski definition) is 3. The normalized spacial score (nSPS) is 14.5. The van der Waals surface area contributed by atoms with Gasteiger partial charge < -0.3 is 4.90 Å². The molecular weight excluding hydrogens is 234 g/mol. The highest BCUT2D eigenvalue weighted by atomic mass is 35.5. The summed E-state index contributed by atoms with van der Waals surface area (Å²) in [5, 5.41) is 0.494. The minimum absolute atomic E-state index is 0.494. The molecule has 0 saturated carbocycles. The Hall–Kier alpha value is -1.61. The van der Waals surface area contributed by atoms with Crippen molar-refractivity contribution in [2.24, 2.45) is 0 Å². The molecule has 3 rings (SSSR count). The van der Waals surface area contributed by atoms with Crippen molar-refractivity contribution in [3.63, 3.8) is 0 Å². The molecule has 1 aliphatic heterocycles. The fourth-order valence-corrected chi connectivity index (χ4v) is 2.33. The minimum atomic E-state index is 0.494. The molecule has 86 valence electrons. The van der Waals surface area contributed by atoms with E-state index in [4.69, 9.17) is 11.6 Å². The quantitative estimate of drug-likeness (QED) is 0.724. The van der Waals surface area contributed by atoms with Gasteiger partial charge in [-0.1, -0.05) is 35.9 Å². The zero-order chi connectivity index (χ0) is 11.7. The van der Waals surface area contributed by atoms with Crippen molar-refractivity contribution in [2.45, 2.75) is 13.0 Å². The van der Waals surface area contributed by atoms with Gasteiger partial charge in [0.2, 0.25) is 0 Å². The molecule has 0 bridgehead atoms. The van der Waals surface area contributed by atoms with Crippen molar-refractivity contribution in [2.75, 3.05) is 11.4 Å². The highest BCUT2D eigenvalue weighted by molar-refractivity contribution is 6.29. The second kappa shape index (κ2) is 4.34. The van der Waals surface area contributed by atoms with Gasteiger partial charge in [0.15, 0.2) is 0 Å². The Labute approximate surface area is 105 Å². The maximum absolute atomic E-state index is 5.89. The third kappa shape index (κ3) is 2.11. The molecule has 1 aromatic heterocycles. The number of benzene rings is 1. The summed E-state index contributed by atoms with van der Waals surface area (Å²) in [6.07, 6.45) is 2.57. The summed E-state index contributed by atoms with van der Waals surface area (Å²) >= 11 is 5.89. The van der Waals surface area contributed by atoms with Crippen LogP contribution in [-0.2, 0) is 13.0 Å². The molecule has 0 aliphatic carbocycles. The summed E-state index contributed by atoms with van der Waals surface area (Å²) in [4.78, 5) is 10.4. The van der Waals surface area contributed by atoms with Gasteiger partial charge in [0, 0.05) is 19.2 Å². The Bertz CT molecular complexity index is 542. The molecule has 1 aromatic carbocycles. The Kier molecular flexibility index (Phi) is 2.69. The van der Waals surface area contributed by atoms with E-state index in [-0.39, 0.29) is 0 Å². The summed E-state index contributed by atoms with van der Waals surface area (Å²) in [5.74, 6) is 0.902. The van der Waals surface area contributed by atoms with Crippen molar-refractivity contribution < 1.29 is 0 Å². The predicted octanol–water partition coefficient (Wildman–Crippen LogP) is 2.69. The van der Waals surface area contributed by atoms with Crippen molar-refractivity contribution in [3.8, 4) is 0 Å². The van der Waals surface area contributed by atoms with E-state index in [0.29, 0.717) is 5.15 Å². The molecule has 2 heterocycles. The van der Waals surface area contributed by atoms with Crippen LogP contribution in [0.4, 0.5) is 5.82 Å². The average Bonchev–Trinajstić information content (AvgIpc) is 2.38. The molecule has 3 nitrogen and oxygen atoms in total. The van der Waals surface area contributed by atoms with Crippen molar-refractivity contribution in [3.05, 3.63) is 52.9 Å². The van der Waals surface area contributed by atoms with Gasteiger partial charge in [-0.15, -0.1) is 0 Å². The number of anilines is 1. The van der Waals surface area contributed by atoms with E-state index in [1.54, 1.807) is 0 Å². The lowest BCUT2D eigenvalue weighted by Crippen LogP contribution is -2.30. The first-order chi connectivity index (χ1) is 8.33. The first-order valence-corrected chi connectivity index (χ1v) is 6.00. The van der Waals surface area contributed by atoms with Crippen LogP contribution in [0.25, 0.3) is 0 Å². The zero-order valence-corrected chi connectivity index (χ0v) is 10.1. The fourth-order valence-electron chi connectivity index (χ4n) is 2.19. The van der Waals surface area contributed by atoms with E-state index in [1.165, 1.54) is 17.5 Å². The van der Waals surface area contributed by atoms with Gasteiger partial charge in [-0.2, -0.15) is 0 Å². The molecule has 0 spiro atoms. The fraction of sp³-hybridized carbons (Fsp3) is 0.231. The molecule has 4 heteroatoms. The lowest BCUT2D eigenvalue weighted by Gasteiger charge is -2.29. The van der Waals surface area contributed by atoms with Crippen molar-refractivity contribution in [1.82, 2.24) is 9.97 Å². The van der Waals surface area contributed by atoms with Crippen LogP contribution >= 0.6 is 11.6 Å². The SMILES string of the molecule is Clc1cc(N2CCc3ccccc3C2)ncn1. The van der Waals surface area contributed by atoms with E-state index in [2.05, 4.69) is 39.1 Å². The first kappa shape index (κ1) is 10.5. The molecule has 0 amide bonds. The number of fused-ring (bicyclic) bond motifs is 1. The molecule has 2 aromatic rings. The van der Waals surface area contributed by atoms with E-state index in [0.717, 1.165) is 25.3 Å². The third-order valence-electron chi connectivity index (χ3n) is 3.07. The van der Waals surface area contributed by atoms with E-state index in [9.17, 15) is 0 Å². The van der Waals surface area contributed by atoms with Gasteiger partial charge in [0.1, 0.15) is 17.3 Å². The summed E-state index contributed by atoms with van der Waals surface area (Å²) in [5.41, 5.74) is 2.80. The summed E-state index contributed by atoms with van der Waals surface area (Å²) in [6, 6.07) is 10.4. The number of hydrogen-bond donors (Lipinski definition) is 0. The molecule has 0 unspecified atom stereocenters. The van der Waals surface area contributed by atoms with Crippen LogP contribution in [0.2, 0.25) is 5.15 Å². The largest absolute Gasteiger partial charge is 0.352 e. The number of nitrogens with zero attached hydrogens (tertiary/aromatic N) is 3. The second-order valence-electron chi connectivity index (χ2n) is 4.14. The van der Waals surface area contributed by atoms with Gasteiger partial charge in [0.05, 0.1) is 0 Å². The Morgan fingerprint density at radius 3 is 2.76 bits per heavy atom. The van der Waals surface area contributed by atoms with Gasteiger partial charge in [-0.05, 0) is 17.5 Å². The molecule has 1 aliphatic rings. The molecule has 0 radical (unpaired) electrons. The maximum atomic E-state index is 5.89. The standard InChI is InChI=1S/C13H12ClN3/c14-12-7-13(16-9-15-12)17-6-5-10-3-1-2-4-11(10)8-17/h1-4,7,9H,5-6,8H2. The van der Waals surface area contributed by atoms with Crippen LogP contribution in [-0.4, -0.2) is 16.5 Å². The predicted molar refractivity (Wildman–Crippen MR) is 68.2 cm³/mol. The van der Waals surface area contributed by atoms with Crippen molar-refractivity contribution >= 4 is 17.4 Å². The maximum Gasteiger partial charge on any atom is 0.134 e. The topological polar surface area (TPSA) is 29.0 Å². The van der Waals surface area contributed by atoms with Crippen LogP contribution in [0.1, 0.15) is 11.1 Å². The van der Waals surface area contributed by atoms with Gasteiger partial charge >= 0.3 is 0 Å². The monoisotopic (exact) mass is 245 g/mol. The van der Waals surface area contributed by atoms with Gasteiger partial charge in [0.25, 0.3) is 0 Å². The Morgan fingerprint density at radius 2 is 1.94 bits per heavy atom. The van der Waals surface area contributed by atoms with Gasteiger partial charge in [-0.3, -0.25) is 0 Å². The molecule has 0 atom stereocenters. The number of aromatic nitrogens is 2. The molecule has 0 N–H and O–H groups in total. The van der Waals surface area contributed by atoms with Crippen LogP contribution < -0.4 is 4.90 Å². The van der Waals surface area contributed by atoms with E-state index in [1.807, 2.05) is 6.07 Å². The Morgan fingerprint density at radius 1 is 1.12 bits per heavy atom. The number of rotatable bonds is 1. The van der Waals surface area contributed by atoms with E-state index >= 15 is 0 Å². The third-order valence-corrected chi connectivity index (χ3v) is 3.28. The average molecular weight is 246 g/mol. The smallest absolute Gasteiger partial charge is 0.134 e. The van der Waals surface area contributed by atoms with Gasteiger partial charge in [-0.25, -0.2) is 9.97 Å². The Balaban J connectivity index is 1.89. The van der Waals surface area contributed by atoms with Crippen molar-refractivity contribution in [1.29, 1.82) is 0 Å². The molecule has 0 fully saturated rings. The summed E-state index contributed by atoms with van der Waals surface area (Å²) in [7, 11) is 0. The van der Waals surface area contributed by atoms with Crippen LogP contribution in [0, 0.1) is 0 Å².